The van der Waals surface area contributed by atoms with Crippen LogP contribution in [-0.2, 0) is 0 Å². The van der Waals surface area contributed by atoms with E-state index in [4.69, 9.17) is 11.6 Å². The number of halogens is 1. The fourth-order valence-electron chi connectivity index (χ4n) is 1.24. The number of rotatable bonds is 4. The Labute approximate surface area is 90.8 Å². The predicted molar refractivity (Wildman–Crippen MR) is 62.5 cm³/mol. The van der Waals surface area contributed by atoms with E-state index in [1.54, 1.807) is 0 Å². The van der Waals surface area contributed by atoms with Crippen molar-refractivity contribution in [3.63, 3.8) is 0 Å². The van der Waals surface area contributed by atoms with Gasteiger partial charge >= 0.3 is 0 Å². The first kappa shape index (κ1) is 11.3. The molecule has 0 saturated carbocycles. The molecule has 76 valence electrons. The number of allylic oxidation sites excluding steroid dienone is 1. The van der Waals surface area contributed by atoms with E-state index in [0.29, 0.717) is 6.04 Å². The largest absolute Gasteiger partial charge is 0.307 e. The standard InChI is InChI=1S/C12H16ClN/c1-10(13)8-9-14-11(2)12-6-4-3-5-7-12/h3-8,11,14H,9H2,1-2H3/b10-8-/t11-/m0/s1. The molecular weight excluding hydrogens is 194 g/mol. The lowest BCUT2D eigenvalue weighted by atomic mass is 10.1. The first-order chi connectivity index (χ1) is 6.70. The van der Waals surface area contributed by atoms with Gasteiger partial charge in [0.2, 0.25) is 0 Å². The molecule has 1 rings (SSSR count). The molecule has 0 aliphatic rings. The van der Waals surface area contributed by atoms with Crippen molar-refractivity contribution < 1.29 is 0 Å². The maximum absolute atomic E-state index is 5.73. The van der Waals surface area contributed by atoms with Gasteiger partial charge in [-0.05, 0) is 19.4 Å². The molecule has 0 aliphatic carbocycles. The SMILES string of the molecule is C/C(Cl)=C/CN[C@@H](C)c1ccccc1. The lowest BCUT2D eigenvalue weighted by molar-refractivity contribution is 0.617. The topological polar surface area (TPSA) is 12.0 Å². The van der Waals surface area contributed by atoms with E-state index in [1.165, 1.54) is 5.56 Å². The highest BCUT2D eigenvalue weighted by molar-refractivity contribution is 6.29. The quantitative estimate of drug-likeness (QED) is 0.801. The molecule has 0 aromatic heterocycles. The average Bonchev–Trinajstić information content (AvgIpc) is 2.18. The van der Waals surface area contributed by atoms with Crippen LogP contribution < -0.4 is 5.32 Å². The molecule has 0 radical (unpaired) electrons. The third-order valence-electron chi connectivity index (χ3n) is 2.11. The Balaban J connectivity index is 2.43. The third-order valence-corrected chi connectivity index (χ3v) is 2.26. The second-order valence-electron chi connectivity index (χ2n) is 3.33. The molecule has 14 heavy (non-hydrogen) atoms. The highest BCUT2D eigenvalue weighted by atomic mass is 35.5. The van der Waals surface area contributed by atoms with Crippen molar-refractivity contribution in [3.8, 4) is 0 Å². The minimum Gasteiger partial charge on any atom is -0.307 e. The lowest BCUT2D eigenvalue weighted by Crippen LogP contribution is -2.18. The second kappa shape index (κ2) is 5.84. The van der Waals surface area contributed by atoms with Crippen LogP contribution >= 0.6 is 11.6 Å². The fourth-order valence-corrected chi connectivity index (χ4v) is 1.31. The second-order valence-corrected chi connectivity index (χ2v) is 3.93. The molecule has 1 aromatic carbocycles. The first-order valence-electron chi connectivity index (χ1n) is 4.80. The van der Waals surface area contributed by atoms with E-state index < -0.39 is 0 Å². The van der Waals surface area contributed by atoms with Crippen LogP contribution in [0.4, 0.5) is 0 Å². The predicted octanol–water partition coefficient (Wildman–Crippen LogP) is 3.48. The van der Waals surface area contributed by atoms with Crippen LogP contribution in [0.2, 0.25) is 0 Å². The first-order valence-corrected chi connectivity index (χ1v) is 5.18. The van der Waals surface area contributed by atoms with Gasteiger partial charge in [-0.15, -0.1) is 0 Å². The zero-order valence-electron chi connectivity index (χ0n) is 8.63. The number of benzene rings is 1. The highest BCUT2D eigenvalue weighted by Crippen LogP contribution is 2.10. The highest BCUT2D eigenvalue weighted by Gasteiger charge is 2.01. The molecular formula is C12H16ClN. The number of hydrogen-bond donors (Lipinski definition) is 1. The summed E-state index contributed by atoms with van der Waals surface area (Å²) in [5.74, 6) is 0. The molecule has 1 N–H and O–H groups in total. The van der Waals surface area contributed by atoms with Crippen LogP contribution in [0.5, 0.6) is 0 Å². The van der Waals surface area contributed by atoms with Crippen LogP contribution in [0.3, 0.4) is 0 Å². The molecule has 0 fully saturated rings. The fraction of sp³-hybridized carbons (Fsp3) is 0.333. The summed E-state index contributed by atoms with van der Waals surface area (Å²) in [5, 5.41) is 4.20. The van der Waals surface area contributed by atoms with E-state index in [-0.39, 0.29) is 0 Å². The van der Waals surface area contributed by atoms with Crippen molar-refractivity contribution in [2.45, 2.75) is 19.9 Å². The molecule has 0 heterocycles. The van der Waals surface area contributed by atoms with Crippen LogP contribution in [0.1, 0.15) is 25.5 Å². The van der Waals surface area contributed by atoms with Gasteiger partial charge in [0.15, 0.2) is 0 Å². The number of nitrogens with one attached hydrogen (secondary N) is 1. The van der Waals surface area contributed by atoms with E-state index in [1.807, 2.05) is 19.1 Å². The molecule has 0 aliphatic heterocycles. The average molecular weight is 210 g/mol. The zero-order valence-corrected chi connectivity index (χ0v) is 9.38. The maximum Gasteiger partial charge on any atom is 0.0294 e. The summed E-state index contributed by atoms with van der Waals surface area (Å²) in [6.45, 7) is 4.84. The van der Waals surface area contributed by atoms with Gasteiger partial charge in [0.1, 0.15) is 0 Å². The summed E-state index contributed by atoms with van der Waals surface area (Å²) in [4.78, 5) is 0. The molecule has 0 bridgehead atoms. The molecule has 0 spiro atoms. The summed E-state index contributed by atoms with van der Waals surface area (Å²) >= 11 is 5.73. The summed E-state index contributed by atoms with van der Waals surface area (Å²) in [6.07, 6.45) is 1.97. The Bertz CT molecular complexity index is 288. The van der Waals surface area contributed by atoms with E-state index >= 15 is 0 Å². The van der Waals surface area contributed by atoms with Gasteiger partial charge in [0.25, 0.3) is 0 Å². The molecule has 1 nitrogen and oxygen atoms in total. The molecule has 0 amide bonds. The Hall–Kier alpha value is -0.790. The van der Waals surface area contributed by atoms with E-state index in [9.17, 15) is 0 Å². The van der Waals surface area contributed by atoms with Gasteiger partial charge in [0.05, 0.1) is 0 Å². The van der Waals surface area contributed by atoms with Crippen molar-refractivity contribution in [2.24, 2.45) is 0 Å². The van der Waals surface area contributed by atoms with Crippen LogP contribution in [0.25, 0.3) is 0 Å². The van der Waals surface area contributed by atoms with Gasteiger partial charge in [-0.25, -0.2) is 0 Å². The Kier molecular flexibility index (Phi) is 4.71. The summed E-state index contributed by atoms with van der Waals surface area (Å²) < 4.78 is 0. The van der Waals surface area contributed by atoms with Crippen molar-refractivity contribution in [3.05, 3.63) is 47.0 Å². The third kappa shape index (κ3) is 3.95. The summed E-state index contributed by atoms with van der Waals surface area (Å²) in [7, 11) is 0. The minimum absolute atomic E-state index is 0.364. The maximum atomic E-state index is 5.73. The van der Waals surface area contributed by atoms with Gasteiger partial charge < -0.3 is 5.32 Å². The Morgan fingerprint density at radius 2 is 2.07 bits per heavy atom. The molecule has 0 unspecified atom stereocenters. The van der Waals surface area contributed by atoms with Gasteiger partial charge in [-0.2, -0.15) is 0 Å². The van der Waals surface area contributed by atoms with Crippen LogP contribution in [0.15, 0.2) is 41.4 Å². The van der Waals surface area contributed by atoms with Gasteiger partial charge in [-0.1, -0.05) is 48.0 Å². The molecule has 1 atom stereocenters. The van der Waals surface area contributed by atoms with Crippen LogP contribution in [0, 0.1) is 0 Å². The minimum atomic E-state index is 0.364. The Morgan fingerprint density at radius 1 is 1.43 bits per heavy atom. The lowest BCUT2D eigenvalue weighted by Gasteiger charge is -2.12. The van der Waals surface area contributed by atoms with Crippen molar-refractivity contribution in [1.29, 1.82) is 0 Å². The monoisotopic (exact) mass is 209 g/mol. The number of hydrogen-bond acceptors (Lipinski definition) is 1. The van der Waals surface area contributed by atoms with Gasteiger partial charge in [-0.3, -0.25) is 0 Å². The van der Waals surface area contributed by atoms with Crippen molar-refractivity contribution in [2.75, 3.05) is 6.54 Å². The smallest absolute Gasteiger partial charge is 0.0294 e. The normalized spacial score (nSPS) is 14.1. The van der Waals surface area contributed by atoms with Crippen LogP contribution in [-0.4, -0.2) is 6.54 Å². The molecule has 0 saturated heterocycles. The molecule has 2 heteroatoms. The zero-order chi connectivity index (χ0) is 10.4. The van der Waals surface area contributed by atoms with Crippen molar-refractivity contribution in [1.82, 2.24) is 5.32 Å². The van der Waals surface area contributed by atoms with E-state index in [2.05, 4.69) is 36.5 Å². The Morgan fingerprint density at radius 3 is 2.64 bits per heavy atom. The van der Waals surface area contributed by atoms with E-state index in [0.717, 1.165) is 11.6 Å². The summed E-state index contributed by atoms with van der Waals surface area (Å²) in [5.41, 5.74) is 1.30. The van der Waals surface area contributed by atoms with Gasteiger partial charge in [0, 0.05) is 17.6 Å². The summed E-state index contributed by atoms with van der Waals surface area (Å²) in [6, 6.07) is 10.7. The molecule has 1 aromatic rings. The van der Waals surface area contributed by atoms with Crippen molar-refractivity contribution >= 4 is 11.6 Å².